The maximum Gasteiger partial charge on any atom is 0.254 e. The fourth-order valence-electron chi connectivity index (χ4n) is 1.34. The summed E-state index contributed by atoms with van der Waals surface area (Å²) in [6, 6.07) is 3.98. The molecule has 0 radical (unpaired) electrons. The van der Waals surface area contributed by atoms with Crippen LogP contribution in [-0.4, -0.2) is 24.9 Å². The SMILES string of the molecule is CNC(=O)C(C)NC(=O)c1ccc(N)cc1N. The Morgan fingerprint density at radius 2 is 1.94 bits per heavy atom. The van der Waals surface area contributed by atoms with Gasteiger partial charge in [0, 0.05) is 18.4 Å². The summed E-state index contributed by atoms with van der Waals surface area (Å²) in [4.78, 5) is 23.0. The van der Waals surface area contributed by atoms with Crippen LogP contribution in [0.5, 0.6) is 0 Å². The van der Waals surface area contributed by atoms with E-state index in [-0.39, 0.29) is 11.6 Å². The summed E-state index contributed by atoms with van der Waals surface area (Å²) in [5, 5.41) is 4.98. The highest BCUT2D eigenvalue weighted by Gasteiger charge is 2.16. The molecule has 1 atom stereocenters. The quantitative estimate of drug-likeness (QED) is 0.541. The first-order valence-electron chi connectivity index (χ1n) is 5.13. The third kappa shape index (κ3) is 3.10. The van der Waals surface area contributed by atoms with Crippen molar-refractivity contribution in [2.75, 3.05) is 18.5 Å². The molecule has 0 heterocycles. The van der Waals surface area contributed by atoms with Crippen LogP contribution in [0.4, 0.5) is 11.4 Å². The van der Waals surface area contributed by atoms with Gasteiger partial charge in [0.05, 0.1) is 5.56 Å². The van der Waals surface area contributed by atoms with Crippen molar-refractivity contribution in [3.05, 3.63) is 23.8 Å². The number of nitrogen functional groups attached to an aromatic ring is 2. The number of hydrogen-bond donors (Lipinski definition) is 4. The Labute approximate surface area is 99.4 Å². The molecular formula is C11H16N4O2. The van der Waals surface area contributed by atoms with E-state index in [9.17, 15) is 9.59 Å². The number of amides is 2. The van der Waals surface area contributed by atoms with Gasteiger partial charge in [-0.2, -0.15) is 0 Å². The molecular weight excluding hydrogens is 220 g/mol. The maximum atomic E-state index is 11.8. The fourth-order valence-corrected chi connectivity index (χ4v) is 1.34. The first-order chi connectivity index (χ1) is 7.95. The van der Waals surface area contributed by atoms with Crippen molar-refractivity contribution in [1.82, 2.24) is 10.6 Å². The predicted molar refractivity (Wildman–Crippen MR) is 66.3 cm³/mol. The number of hydrogen-bond acceptors (Lipinski definition) is 4. The van der Waals surface area contributed by atoms with Crippen LogP contribution in [0, 0.1) is 0 Å². The van der Waals surface area contributed by atoms with Gasteiger partial charge in [-0.15, -0.1) is 0 Å². The van der Waals surface area contributed by atoms with Crippen LogP contribution in [0.3, 0.4) is 0 Å². The van der Waals surface area contributed by atoms with Gasteiger partial charge in [-0.25, -0.2) is 0 Å². The fraction of sp³-hybridized carbons (Fsp3) is 0.273. The van der Waals surface area contributed by atoms with Gasteiger partial charge >= 0.3 is 0 Å². The van der Waals surface area contributed by atoms with E-state index in [1.165, 1.54) is 19.2 Å². The molecule has 0 aliphatic carbocycles. The molecule has 0 saturated heterocycles. The molecule has 0 bridgehead atoms. The number of carbonyl (C=O) groups is 2. The first kappa shape index (κ1) is 12.8. The molecule has 92 valence electrons. The number of carbonyl (C=O) groups excluding carboxylic acids is 2. The maximum absolute atomic E-state index is 11.8. The van der Waals surface area contributed by atoms with Crippen LogP contribution in [-0.2, 0) is 4.79 Å². The second kappa shape index (κ2) is 5.20. The zero-order valence-electron chi connectivity index (χ0n) is 9.78. The lowest BCUT2D eigenvalue weighted by atomic mass is 10.1. The summed E-state index contributed by atoms with van der Waals surface area (Å²) in [5.41, 5.74) is 12.3. The average molecular weight is 236 g/mol. The molecule has 17 heavy (non-hydrogen) atoms. The van der Waals surface area contributed by atoms with Crippen LogP contribution in [0.25, 0.3) is 0 Å². The minimum atomic E-state index is -0.621. The molecule has 0 saturated carbocycles. The Balaban J connectivity index is 2.80. The van der Waals surface area contributed by atoms with Crippen molar-refractivity contribution in [2.45, 2.75) is 13.0 Å². The largest absolute Gasteiger partial charge is 0.399 e. The van der Waals surface area contributed by atoms with E-state index in [0.717, 1.165) is 0 Å². The predicted octanol–water partition coefficient (Wildman–Crippen LogP) is -0.285. The molecule has 0 aliphatic heterocycles. The van der Waals surface area contributed by atoms with Crippen molar-refractivity contribution in [2.24, 2.45) is 0 Å². The van der Waals surface area contributed by atoms with E-state index >= 15 is 0 Å². The molecule has 2 amide bonds. The molecule has 1 aromatic rings. The van der Waals surface area contributed by atoms with E-state index in [0.29, 0.717) is 11.3 Å². The number of anilines is 2. The van der Waals surface area contributed by atoms with Gasteiger partial charge in [-0.3, -0.25) is 9.59 Å². The number of likely N-dealkylation sites (N-methyl/N-ethyl adjacent to an activating group) is 1. The highest BCUT2D eigenvalue weighted by molar-refractivity contribution is 6.01. The van der Waals surface area contributed by atoms with Gasteiger partial charge < -0.3 is 22.1 Å². The van der Waals surface area contributed by atoms with Crippen LogP contribution in [0.1, 0.15) is 17.3 Å². The third-order valence-corrected chi connectivity index (χ3v) is 2.31. The van der Waals surface area contributed by atoms with Gasteiger partial charge in [-0.05, 0) is 25.1 Å². The number of nitrogens with one attached hydrogen (secondary N) is 2. The Hall–Kier alpha value is -2.24. The Morgan fingerprint density at radius 1 is 1.29 bits per heavy atom. The van der Waals surface area contributed by atoms with Crippen molar-refractivity contribution in [1.29, 1.82) is 0 Å². The summed E-state index contributed by atoms with van der Waals surface area (Å²) >= 11 is 0. The van der Waals surface area contributed by atoms with Crippen molar-refractivity contribution in [3.8, 4) is 0 Å². The van der Waals surface area contributed by atoms with E-state index in [2.05, 4.69) is 10.6 Å². The molecule has 0 fully saturated rings. The second-order valence-corrected chi connectivity index (χ2v) is 3.66. The Kier molecular flexibility index (Phi) is 3.92. The van der Waals surface area contributed by atoms with E-state index in [1.807, 2.05) is 0 Å². The van der Waals surface area contributed by atoms with Crippen LogP contribution in [0.15, 0.2) is 18.2 Å². The average Bonchev–Trinajstić information content (AvgIpc) is 2.27. The summed E-state index contributed by atoms with van der Waals surface area (Å²) in [6.45, 7) is 1.59. The van der Waals surface area contributed by atoms with Gasteiger partial charge in [0.25, 0.3) is 5.91 Å². The standard InChI is InChI=1S/C11H16N4O2/c1-6(10(16)14-2)15-11(17)8-4-3-7(12)5-9(8)13/h3-6H,12-13H2,1-2H3,(H,14,16)(H,15,17). The lowest BCUT2D eigenvalue weighted by Gasteiger charge is -2.13. The number of rotatable bonds is 3. The molecule has 6 nitrogen and oxygen atoms in total. The van der Waals surface area contributed by atoms with E-state index in [4.69, 9.17) is 11.5 Å². The van der Waals surface area contributed by atoms with Crippen molar-refractivity contribution < 1.29 is 9.59 Å². The summed E-state index contributed by atoms with van der Waals surface area (Å²) in [6.07, 6.45) is 0. The molecule has 6 N–H and O–H groups in total. The van der Waals surface area contributed by atoms with Gasteiger partial charge in [-0.1, -0.05) is 0 Å². The van der Waals surface area contributed by atoms with Gasteiger partial charge in [0.2, 0.25) is 5.91 Å². The lowest BCUT2D eigenvalue weighted by Crippen LogP contribution is -2.43. The monoisotopic (exact) mass is 236 g/mol. The molecule has 1 unspecified atom stereocenters. The zero-order chi connectivity index (χ0) is 13.0. The summed E-state index contributed by atoms with van der Waals surface area (Å²) in [5.74, 6) is -0.675. The summed E-state index contributed by atoms with van der Waals surface area (Å²) in [7, 11) is 1.50. The van der Waals surface area contributed by atoms with Gasteiger partial charge in [0.15, 0.2) is 0 Å². The third-order valence-electron chi connectivity index (χ3n) is 2.31. The number of nitrogens with two attached hydrogens (primary N) is 2. The molecule has 0 aliphatic rings. The van der Waals surface area contributed by atoms with Crippen LogP contribution >= 0.6 is 0 Å². The number of benzene rings is 1. The van der Waals surface area contributed by atoms with Crippen molar-refractivity contribution in [3.63, 3.8) is 0 Å². The van der Waals surface area contributed by atoms with Crippen LogP contribution in [0.2, 0.25) is 0 Å². The molecule has 1 rings (SSSR count). The van der Waals surface area contributed by atoms with Crippen LogP contribution < -0.4 is 22.1 Å². The Bertz CT molecular complexity index is 445. The highest BCUT2D eigenvalue weighted by Crippen LogP contribution is 2.15. The van der Waals surface area contributed by atoms with Crippen molar-refractivity contribution >= 4 is 23.2 Å². The summed E-state index contributed by atoms with van der Waals surface area (Å²) < 4.78 is 0. The Morgan fingerprint density at radius 3 is 2.47 bits per heavy atom. The minimum Gasteiger partial charge on any atom is -0.399 e. The lowest BCUT2D eigenvalue weighted by molar-refractivity contribution is -0.122. The molecule has 0 spiro atoms. The highest BCUT2D eigenvalue weighted by atomic mass is 16.2. The first-order valence-corrected chi connectivity index (χ1v) is 5.13. The van der Waals surface area contributed by atoms with E-state index < -0.39 is 11.9 Å². The minimum absolute atomic E-state index is 0.271. The van der Waals surface area contributed by atoms with E-state index in [1.54, 1.807) is 13.0 Å². The van der Waals surface area contributed by atoms with Gasteiger partial charge in [0.1, 0.15) is 6.04 Å². The normalized spacial score (nSPS) is 11.6. The topological polar surface area (TPSA) is 110 Å². The molecule has 1 aromatic carbocycles. The smallest absolute Gasteiger partial charge is 0.254 e. The molecule has 6 heteroatoms. The zero-order valence-corrected chi connectivity index (χ0v) is 9.78. The second-order valence-electron chi connectivity index (χ2n) is 3.66. The molecule has 0 aromatic heterocycles.